The second-order valence-corrected chi connectivity index (χ2v) is 5.13. The Balaban J connectivity index is 2.39. The SMILES string of the molecule is CC(Cl)C(=O)N(C)Cc1nc2ccccc2n1C(F)F. The number of nitrogens with zero attached hydrogens (tertiary/aromatic N) is 3. The predicted octanol–water partition coefficient (Wildman–Crippen LogP) is 3.02. The number of halogens is 3. The molecule has 1 atom stereocenters. The Morgan fingerprint density at radius 2 is 2.10 bits per heavy atom. The van der Waals surface area contributed by atoms with Gasteiger partial charge in [0.1, 0.15) is 11.2 Å². The van der Waals surface area contributed by atoms with Gasteiger partial charge in [0.05, 0.1) is 17.6 Å². The van der Waals surface area contributed by atoms with Crippen molar-refractivity contribution < 1.29 is 13.6 Å². The van der Waals surface area contributed by atoms with Crippen LogP contribution in [0, 0.1) is 0 Å². The molecule has 1 heterocycles. The van der Waals surface area contributed by atoms with Gasteiger partial charge in [0.15, 0.2) is 0 Å². The fourth-order valence-corrected chi connectivity index (χ4v) is 2.18. The van der Waals surface area contributed by atoms with Gasteiger partial charge in [0, 0.05) is 7.05 Å². The lowest BCUT2D eigenvalue weighted by molar-refractivity contribution is -0.129. The van der Waals surface area contributed by atoms with Crippen LogP contribution in [0.5, 0.6) is 0 Å². The van der Waals surface area contributed by atoms with Crippen LogP contribution in [-0.2, 0) is 11.3 Å². The number of para-hydroxylation sites is 2. The lowest BCUT2D eigenvalue weighted by atomic mass is 10.3. The maximum Gasteiger partial charge on any atom is 0.320 e. The van der Waals surface area contributed by atoms with E-state index in [2.05, 4.69) is 4.98 Å². The Morgan fingerprint density at radius 3 is 2.70 bits per heavy atom. The van der Waals surface area contributed by atoms with Crippen LogP contribution in [0.2, 0.25) is 0 Å². The summed E-state index contributed by atoms with van der Waals surface area (Å²) in [6.45, 7) is -1.19. The minimum Gasteiger partial charge on any atom is -0.337 e. The number of imidazole rings is 1. The monoisotopic (exact) mass is 301 g/mol. The number of rotatable bonds is 4. The first-order valence-corrected chi connectivity index (χ1v) is 6.48. The van der Waals surface area contributed by atoms with Gasteiger partial charge in [-0.1, -0.05) is 12.1 Å². The third kappa shape index (κ3) is 2.75. The maximum absolute atomic E-state index is 13.2. The molecule has 20 heavy (non-hydrogen) atoms. The van der Waals surface area contributed by atoms with E-state index in [1.165, 1.54) is 18.9 Å². The van der Waals surface area contributed by atoms with Gasteiger partial charge in [-0.3, -0.25) is 9.36 Å². The van der Waals surface area contributed by atoms with Crippen LogP contribution in [0.4, 0.5) is 8.78 Å². The second kappa shape index (κ2) is 5.75. The van der Waals surface area contributed by atoms with Crippen LogP contribution in [0.15, 0.2) is 24.3 Å². The normalized spacial score (nSPS) is 12.9. The summed E-state index contributed by atoms with van der Waals surface area (Å²) in [5.74, 6) is -0.200. The van der Waals surface area contributed by atoms with Gasteiger partial charge in [-0.15, -0.1) is 11.6 Å². The topological polar surface area (TPSA) is 38.1 Å². The van der Waals surface area contributed by atoms with Gasteiger partial charge in [-0.25, -0.2) is 4.98 Å². The summed E-state index contributed by atoms with van der Waals surface area (Å²) in [5.41, 5.74) is 0.819. The summed E-state index contributed by atoms with van der Waals surface area (Å²) >= 11 is 5.70. The van der Waals surface area contributed by atoms with Gasteiger partial charge < -0.3 is 4.90 Å². The molecule has 4 nitrogen and oxygen atoms in total. The van der Waals surface area contributed by atoms with E-state index in [0.717, 1.165) is 4.57 Å². The minimum absolute atomic E-state index is 0.0189. The highest BCUT2D eigenvalue weighted by Crippen LogP contribution is 2.23. The van der Waals surface area contributed by atoms with Crippen LogP contribution >= 0.6 is 11.6 Å². The first kappa shape index (κ1) is 14.7. The Bertz CT molecular complexity index is 627. The first-order chi connectivity index (χ1) is 9.41. The molecular formula is C13H14ClF2N3O. The zero-order chi connectivity index (χ0) is 14.9. The molecule has 7 heteroatoms. The van der Waals surface area contributed by atoms with Crippen LogP contribution < -0.4 is 0 Å². The summed E-state index contributed by atoms with van der Waals surface area (Å²) in [7, 11) is 1.51. The minimum atomic E-state index is -2.71. The van der Waals surface area contributed by atoms with E-state index in [0.29, 0.717) is 11.0 Å². The molecule has 2 rings (SSSR count). The van der Waals surface area contributed by atoms with Crippen molar-refractivity contribution in [1.29, 1.82) is 0 Å². The molecular weight excluding hydrogens is 288 g/mol. The molecule has 0 saturated carbocycles. The van der Waals surface area contributed by atoms with E-state index in [9.17, 15) is 13.6 Å². The zero-order valence-corrected chi connectivity index (χ0v) is 11.8. The highest BCUT2D eigenvalue weighted by molar-refractivity contribution is 6.30. The van der Waals surface area contributed by atoms with E-state index in [-0.39, 0.29) is 18.3 Å². The molecule has 0 radical (unpaired) electrons. The summed E-state index contributed by atoms with van der Waals surface area (Å²) in [5, 5.41) is -0.704. The largest absolute Gasteiger partial charge is 0.337 e. The first-order valence-electron chi connectivity index (χ1n) is 6.05. The number of amides is 1. The van der Waals surface area contributed by atoms with Gasteiger partial charge in [0.2, 0.25) is 5.91 Å². The Kier molecular flexibility index (Phi) is 4.23. The highest BCUT2D eigenvalue weighted by Gasteiger charge is 2.21. The number of benzene rings is 1. The molecule has 1 aromatic heterocycles. The molecule has 0 saturated heterocycles. The summed E-state index contributed by atoms with van der Waals surface area (Å²) in [6.07, 6.45) is 0. The molecule has 0 fully saturated rings. The smallest absolute Gasteiger partial charge is 0.320 e. The van der Waals surface area contributed by atoms with Gasteiger partial charge in [-0.05, 0) is 19.1 Å². The molecule has 0 N–H and O–H groups in total. The van der Waals surface area contributed by atoms with E-state index in [4.69, 9.17) is 11.6 Å². The number of alkyl halides is 3. The van der Waals surface area contributed by atoms with E-state index in [1.54, 1.807) is 24.3 Å². The molecule has 0 bridgehead atoms. The molecule has 0 spiro atoms. The predicted molar refractivity (Wildman–Crippen MR) is 72.8 cm³/mol. The van der Waals surface area contributed by atoms with Gasteiger partial charge in [-0.2, -0.15) is 8.78 Å². The van der Waals surface area contributed by atoms with Crippen molar-refractivity contribution in [3.63, 3.8) is 0 Å². The van der Waals surface area contributed by atoms with Crippen molar-refractivity contribution in [2.24, 2.45) is 0 Å². The number of carbonyl (C=O) groups is 1. The third-order valence-corrected chi connectivity index (χ3v) is 3.15. The number of hydrogen-bond acceptors (Lipinski definition) is 2. The van der Waals surface area contributed by atoms with Crippen molar-refractivity contribution in [2.45, 2.75) is 25.4 Å². The van der Waals surface area contributed by atoms with Crippen LogP contribution in [-0.4, -0.2) is 32.8 Å². The van der Waals surface area contributed by atoms with E-state index in [1.807, 2.05) is 0 Å². The van der Waals surface area contributed by atoms with Crippen molar-refractivity contribution >= 4 is 28.5 Å². The molecule has 2 aromatic rings. The van der Waals surface area contributed by atoms with Crippen LogP contribution in [0.1, 0.15) is 19.3 Å². The number of hydrogen-bond donors (Lipinski definition) is 0. The molecule has 0 aliphatic heterocycles. The highest BCUT2D eigenvalue weighted by atomic mass is 35.5. The fraction of sp³-hybridized carbons (Fsp3) is 0.385. The van der Waals surface area contributed by atoms with Crippen LogP contribution in [0.3, 0.4) is 0 Å². The summed E-state index contributed by atoms with van der Waals surface area (Å²) < 4.78 is 27.2. The lowest BCUT2D eigenvalue weighted by Crippen LogP contribution is -2.32. The number of fused-ring (bicyclic) bond motifs is 1. The molecule has 0 aliphatic rings. The number of aromatic nitrogens is 2. The van der Waals surface area contributed by atoms with Gasteiger partial charge >= 0.3 is 6.55 Å². The van der Waals surface area contributed by atoms with Crippen molar-refractivity contribution in [3.05, 3.63) is 30.1 Å². The summed E-state index contributed by atoms with van der Waals surface area (Å²) in [4.78, 5) is 17.2. The Morgan fingerprint density at radius 1 is 1.45 bits per heavy atom. The Labute approximate surface area is 119 Å². The van der Waals surface area contributed by atoms with Crippen molar-refractivity contribution in [1.82, 2.24) is 14.5 Å². The molecule has 1 aromatic carbocycles. The average Bonchev–Trinajstić information content (AvgIpc) is 2.75. The average molecular weight is 302 g/mol. The molecule has 1 unspecified atom stereocenters. The van der Waals surface area contributed by atoms with E-state index < -0.39 is 11.9 Å². The quantitative estimate of drug-likeness (QED) is 0.814. The maximum atomic E-state index is 13.2. The summed E-state index contributed by atoms with van der Waals surface area (Å²) in [6, 6.07) is 6.63. The second-order valence-electron chi connectivity index (χ2n) is 4.47. The Hall–Kier alpha value is -1.69. The standard InChI is InChI=1S/C13H14ClF2N3O/c1-8(14)12(20)18(2)7-11-17-9-5-3-4-6-10(9)19(11)13(15)16/h3-6,8,13H,7H2,1-2H3. The molecule has 0 aliphatic carbocycles. The molecule has 1 amide bonds. The lowest BCUT2D eigenvalue weighted by Gasteiger charge is -2.18. The number of carbonyl (C=O) groups excluding carboxylic acids is 1. The zero-order valence-electron chi connectivity index (χ0n) is 11.1. The fourth-order valence-electron chi connectivity index (χ4n) is 2.02. The van der Waals surface area contributed by atoms with Crippen molar-refractivity contribution in [2.75, 3.05) is 7.05 Å². The molecule has 108 valence electrons. The third-order valence-electron chi connectivity index (χ3n) is 2.96. The van der Waals surface area contributed by atoms with Crippen molar-refractivity contribution in [3.8, 4) is 0 Å². The van der Waals surface area contributed by atoms with Gasteiger partial charge in [0.25, 0.3) is 0 Å². The van der Waals surface area contributed by atoms with E-state index >= 15 is 0 Å². The van der Waals surface area contributed by atoms with Crippen LogP contribution in [0.25, 0.3) is 11.0 Å².